The Labute approximate surface area is 184 Å². The average Bonchev–Trinajstić information content (AvgIpc) is 3.00. The molecule has 0 heterocycles. The van der Waals surface area contributed by atoms with Crippen LogP contribution in [-0.4, -0.2) is 33.1 Å². The highest BCUT2D eigenvalue weighted by Gasteiger charge is 2.50. The van der Waals surface area contributed by atoms with E-state index in [1.54, 1.807) is 5.57 Å². The Kier molecular flexibility index (Phi) is 7.37. The first-order valence-electron chi connectivity index (χ1n) is 12.2. The molecule has 0 amide bonds. The van der Waals surface area contributed by atoms with Crippen LogP contribution in [0.4, 0.5) is 0 Å². The second kappa shape index (κ2) is 9.30. The Morgan fingerprint density at radius 3 is 2.33 bits per heavy atom. The summed E-state index contributed by atoms with van der Waals surface area (Å²) >= 11 is 0. The third-order valence-corrected chi connectivity index (χ3v) is 8.56. The van der Waals surface area contributed by atoms with E-state index in [2.05, 4.69) is 45.1 Å². The molecule has 0 radical (unpaired) electrons. The highest BCUT2D eigenvalue weighted by atomic mass is 16.3. The minimum absolute atomic E-state index is 0.152. The van der Waals surface area contributed by atoms with Crippen molar-refractivity contribution in [1.29, 1.82) is 0 Å². The highest BCUT2D eigenvalue weighted by Crippen LogP contribution is 2.59. The molecule has 3 aliphatic carbocycles. The van der Waals surface area contributed by atoms with Crippen molar-refractivity contribution in [2.45, 2.75) is 104 Å². The molecular formula is C27H44O3. The minimum Gasteiger partial charge on any atom is -0.393 e. The quantitative estimate of drug-likeness (QED) is 0.514. The molecule has 3 nitrogen and oxygen atoms in total. The second-order valence-electron chi connectivity index (χ2n) is 11.3. The van der Waals surface area contributed by atoms with Crippen molar-refractivity contribution < 1.29 is 15.3 Å². The molecule has 3 fully saturated rings. The maximum absolute atomic E-state index is 10.2. The standard InChI is InChI=1S/C27H44O3/c1-18(8-9-19(2)26(3,4)30)24-12-13-25-21(7-6-14-27(24,25)5)11-10-20-15-22(28)17-23(29)16-20/h8-11,18-19,22-25,28-30H,6-7,12-17H2,1-5H3/b9-8+,20-10?,21-11+/t18?,19?,22?,23?,24?,25?,27-/m1/s1. The summed E-state index contributed by atoms with van der Waals surface area (Å²) in [7, 11) is 0. The molecule has 3 N–H and O–H groups in total. The van der Waals surface area contributed by atoms with Crippen LogP contribution in [0, 0.1) is 29.1 Å². The van der Waals surface area contributed by atoms with E-state index in [0.717, 1.165) is 0 Å². The van der Waals surface area contributed by atoms with Crippen LogP contribution in [-0.2, 0) is 0 Å². The SMILES string of the molecule is CC(/C=C/C(C)C(C)(C)O)C1CCC2/C(=C/C=C3CC(O)CC(O)C3)CCC[C@@]21C. The maximum atomic E-state index is 10.2. The van der Waals surface area contributed by atoms with Gasteiger partial charge in [0.05, 0.1) is 17.8 Å². The molecule has 0 aromatic carbocycles. The van der Waals surface area contributed by atoms with E-state index in [-0.39, 0.29) is 5.92 Å². The van der Waals surface area contributed by atoms with Gasteiger partial charge in [-0.25, -0.2) is 0 Å². The normalized spacial score (nSPS) is 38.7. The van der Waals surface area contributed by atoms with Gasteiger partial charge in [-0.05, 0) is 88.4 Å². The predicted octanol–water partition coefficient (Wildman–Crippen LogP) is 5.56. The summed E-state index contributed by atoms with van der Waals surface area (Å²) in [5.74, 6) is 2.00. The second-order valence-corrected chi connectivity index (χ2v) is 11.3. The number of allylic oxidation sites excluding steroid dienone is 4. The zero-order valence-electron chi connectivity index (χ0n) is 19.8. The molecular weight excluding hydrogens is 372 g/mol. The third kappa shape index (κ3) is 5.29. The van der Waals surface area contributed by atoms with Crippen molar-refractivity contribution in [3.05, 3.63) is 35.5 Å². The van der Waals surface area contributed by atoms with Crippen LogP contribution in [0.15, 0.2) is 35.5 Å². The van der Waals surface area contributed by atoms with E-state index in [1.165, 1.54) is 37.7 Å². The minimum atomic E-state index is -0.674. The summed E-state index contributed by atoms with van der Waals surface area (Å²) in [6.07, 6.45) is 16.5. The molecule has 0 spiro atoms. The largest absolute Gasteiger partial charge is 0.393 e. The van der Waals surface area contributed by atoms with E-state index in [9.17, 15) is 15.3 Å². The predicted molar refractivity (Wildman–Crippen MR) is 124 cm³/mol. The molecule has 170 valence electrons. The molecule has 0 aliphatic heterocycles. The lowest BCUT2D eigenvalue weighted by molar-refractivity contribution is 0.0436. The molecule has 0 aromatic heterocycles. The molecule has 3 heteroatoms. The van der Waals surface area contributed by atoms with Gasteiger partial charge >= 0.3 is 0 Å². The molecule has 0 bridgehead atoms. The number of aliphatic hydroxyl groups is 3. The zero-order chi connectivity index (χ0) is 22.1. The zero-order valence-corrected chi connectivity index (χ0v) is 19.8. The van der Waals surface area contributed by atoms with Crippen molar-refractivity contribution in [1.82, 2.24) is 0 Å². The first-order chi connectivity index (χ1) is 14.0. The van der Waals surface area contributed by atoms with Gasteiger partial charge in [0.1, 0.15) is 0 Å². The number of fused-ring (bicyclic) bond motifs is 1. The van der Waals surface area contributed by atoms with Gasteiger partial charge in [0, 0.05) is 5.92 Å². The van der Waals surface area contributed by atoms with Crippen molar-refractivity contribution >= 4 is 0 Å². The fourth-order valence-electron chi connectivity index (χ4n) is 6.39. The van der Waals surface area contributed by atoms with E-state index < -0.39 is 17.8 Å². The topological polar surface area (TPSA) is 60.7 Å². The van der Waals surface area contributed by atoms with E-state index in [0.29, 0.717) is 42.4 Å². The van der Waals surface area contributed by atoms with E-state index >= 15 is 0 Å². The van der Waals surface area contributed by atoms with Gasteiger partial charge in [-0.3, -0.25) is 0 Å². The number of rotatable bonds is 5. The van der Waals surface area contributed by atoms with Gasteiger partial charge in [0.25, 0.3) is 0 Å². The van der Waals surface area contributed by atoms with Crippen molar-refractivity contribution in [2.24, 2.45) is 29.1 Å². The highest BCUT2D eigenvalue weighted by molar-refractivity contribution is 5.26. The van der Waals surface area contributed by atoms with Gasteiger partial charge in [-0.15, -0.1) is 0 Å². The summed E-state index contributed by atoms with van der Waals surface area (Å²) < 4.78 is 0. The summed E-state index contributed by atoms with van der Waals surface area (Å²) in [6, 6.07) is 0. The molecule has 3 saturated carbocycles. The lowest BCUT2D eigenvalue weighted by atomic mass is 9.61. The Bertz CT molecular complexity index is 671. The Morgan fingerprint density at radius 1 is 1.03 bits per heavy atom. The Hall–Kier alpha value is -0.900. The maximum Gasteiger partial charge on any atom is 0.0651 e. The summed E-state index contributed by atoms with van der Waals surface area (Å²) in [6.45, 7) is 10.7. The summed E-state index contributed by atoms with van der Waals surface area (Å²) in [4.78, 5) is 0. The van der Waals surface area contributed by atoms with Crippen LogP contribution in [0.2, 0.25) is 0 Å². The molecule has 3 aliphatic rings. The van der Waals surface area contributed by atoms with E-state index in [4.69, 9.17) is 0 Å². The molecule has 6 unspecified atom stereocenters. The van der Waals surface area contributed by atoms with Gasteiger partial charge in [-0.2, -0.15) is 0 Å². The average molecular weight is 417 g/mol. The lowest BCUT2D eigenvalue weighted by Gasteiger charge is -2.44. The van der Waals surface area contributed by atoms with Gasteiger partial charge in [0.15, 0.2) is 0 Å². The fourth-order valence-corrected chi connectivity index (χ4v) is 6.39. The smallest absolute Gasteiger partial charge is 0.0651 e. The summed E-state index contributed by atoms with van der Waals surface area (Å²) in [5, 5.41) is 30.2. The molecule has 30 heavy (non-hydrogen) atoms. The lowest BCUT2D eigenvalue weighted by Crippen LogP contribution is -2.35. The van der Waals surface area contributed by atoms with Crippen LogP contribution < -0.4 is 0 Å². The monoisotopic (exact) mass is 416 g/mol. The van der Waals surface area contributed by atoms with Crippen LogP contribution in [0.3, 0.4) is 0 Å². The van der Waals surface area contributed by atoms with Crippen LogP contribution >= 0.6 is 0 Å². The van der Waals surface area contributed by atoms with Crippen LogP contribution in [0.1, 0.15) is 86.0 Å². The van der Waals surface area contributed by atoms with Crippen molar-refractivity contribution in [2.75, 3.05) is 0 Å². The first-order valence-corrected chi connectivity index (χ1v) is 12.2. The van der Waals surface area contributed by atoms with Gasteiger partial charge in [-0.1, -0.05) is 56.2 Å². The first kappa shape index (κ1) is 23.8. The van der Waals surface area contributed by atoms with Crippen molar-refractivity contribution in [3.8, 4) is 0 Å². The fraction of sp³-hybridized carbons (Fsp3) is 0.778. The Balaban J connectivity index is 1.73. The number of hydrogen-bond donors (Lipinski definition) is 3. The Morgan fingerprint density at radius 2 is 1.70 bits per heavy atom. The van der Waals surface area contributed by atoms with Crippen LogP contribution in [0.25, 0.3) is 0 Å². The molecule has 0 saturated heterocycles. The summed E-state index contributed by atoms with van der Waals surface area (Å²) in [5.41, 5.74) is 2.43. The van der Waals surface area contributed by atoms with Gasteiger partial charge in [0.2, 0.25) is 0 Å². The van der Waals surface area contributed by atoms with Crippen LogP contribution in [0.5, 0.6) is 0 Å². The van der Waals surface area contributed by atoms with Gasteiger partial charge < -0.3 is 15.3 Å². The number of hydrogen-bond acceptors (Lipinski definition) is 3. The van der Waals surface area contributed by atoms with E-state index in [1.807, 2.05) is 13.8 Å². The van der Waals surface area contributed by atoms with Crippen molar-refractivity contribution in [3.63, 3.8) is 0 Å². The number of aliphatic hydroxyl groups excluding tert-OH is 2. The molecule has 3 rings (SSSR count). The third-order valence-electron chi connectivity index (χ3n) is 8.56. The molecule has 7 atom stereocenters. The molecule has 0 aromatic rings.